The molecule has 8 heteroatoms. The van der Waals surface area contributed by atoms with Gasteiger partial charge in [0.25, 0.3) is 0 Å². The van der Waals surface area contributed by atoms with Crippen LogP contribution in [0.25, 0.3) is 0 Å². The smallest absolute Gasteiger partial charge is 0.232 e. The average molecular weight is 406 g/mol. The summed E-state index contributed by atoms with van der Waals surface area (Å²) in [5, 5.41) is 0.574. The van der Waals surface area contributed by atoms with Gasteiger partial charge in [0.1, 0.15) is 29.1 Å². The van der Waals surface area contributed by atoms with E-state index in [1.165, 1.54) is 4.90 Å². The molecule has 140 valence electrons. The molecule has 0 bridgehead atoms. The predicted octanol–water partition coefficient (Wildman–Crippen LogP) is 4.24. The van der Waals surface area contributed by atoms with E-state index in [9.17, 15) is 9.59 Å². The summed E-state index contributed by atoms with van der Waals surface area (Å²) >= 11 is 12.1. The average Bonchev–Trinajstić information content (AvgIpc) is 3.54. The number of aromatic nitrogens is 1. The summed E-state index contributed by atoms with van der Waals surface area (Å²) in [4.78, 5) is 30.3. The Morgan fingerprint density at radius 1 is 1.22 bits per heavy atom. The number of rotatable bonds is 6. The standard InChI is InChI=1S/C19H17Cl2N3O3/c20-14-7-13(8-15(21)17(14)22)27-12-3-6-23-16(9-12)24(18(26)11-1-2-11)19(10-25)4-5-19/h3,6-11H,1-2,4-5,22H2. The molecule has 2 aliphatic rings. The molecule has 1 amide bonds. The number of anilines is 2. The highest BCUT2D eigenvalue weighted by molar-refractivity contribution is 6.39. The van der Waals surface area contributed by atoms with Crippen LogP contribution in [0.1, 0.15) is 25.7 Å². The molecule has 6 nitrogen and oxygen atoms in total. The Hall–Kier alpha value is -2.31. The molecule has 1 aromatic heterocycles. The van der Waals surface area contributed by atoms with Crippen LogP contribution in [0.5, 0.6) is 11.5 Å². The number of hydrogen-bond acceptors (Lipinski definition) is 5. The van der Waals surface area contributed by atoms with Crippen molar-refractivity contribution in [1.82, 2.24) is 4.98 Å². The van der Waals surface area contributed by atoms with Gasteiger partial charge in [0, 0.05) is 30.3 Å². The van der Waals surface area contributed by atoms with Crippen molar-refractivity contribution in [3.05, 3.63) is 40.5 Å². The summed E-state index contributed by atoms with van der Waals surface area (Å²) in [7, 11) is 0. The predicted molar refractivity (Wildman–Crippen MR) is 103 cm³/mol. The van der Waals surface area contributed by atoms with E-state index in [1.54, 1.807) is 30.5 Å². The molecule has 2 aliphatic carbocycles. The van der Waals surface area contributed by atoms with E-state index in [2.05, 4.69) is 4.98 Å². The maximum absolute atomic E-state index is 12.8. The molecular formula is C19H17Cl2N3O3. The number of amides is 1. The van der Waals surface area contributed by atoms with Gasteiger partial charge in [-0.2, -0.15) is 0 Å². The lowest BCUT2D eigenvalue weighted by Gasteiger charge is -2.27. The Kier molecular flexibility index (Phi) is 4.48. The van der Waals surface area contributed by atoms with Crippen LogP contribution in [-0.4, -0.2) is 22.7 Å². The van der Waals surface area contributed by atoms with Crippen LogP contribution in [0.3, 0.4) is 0 Å². The van der Waals surface area contributed by atoms with Gasteiger partial charge in [-0.05, 0) is 31.7 Å². The van der Waals surface area contributed by atoms with E-state index >= 15 is 0 Å². The van der Waals surface area contributed by atoms with Gasteiger partial charge in [-0.15, -0.1) is 0 Å². The van der Waals surface area contributed by atoms with Crippen molar-refractivity contribution in [2.75, 3.05) is 10.6 Å². The summed E-state index contributed by atoms with van der Waals surface area (Å²) < 4.78 is 5.82. The first-order chi connectivity index (χ1) is 12.9. The van der Waals surface area contributed by atoms with Crippen molar-refractivity contribution in [3.8, 4) is 11.5 Å². The first kappa shape index (κ1) is 18.1. The molecule has 0 unspecified atom stereocenters. The molecule has 2 N–H and O–H groups in total. The van der Waals surface area contributed by atoms with E-state index < -0.39 is 5.54 Å². The van der Waals surface area contributed by atoms with Crippen LogP contribution in [-0.2, 0) is 9.59 Å². The fourth-order valence-corrected chi connectivity index (χ4v) is 3.40. The lowest BCUT2D eigenvalue weighted by molar-refractivity contribution is -0.122. The van der Waals surface area contributed by atoms with Crippen LogP contribution in [0.4, 0.5) is 11.5 Å². The number of aldehydes is 1. The van der Waals surface area contributed by atoms with Gasteiger partial charge in [-0.3, -0.25) is 9.69 Å². The third kappa shape index (κ3) is 3.47. The Morgan fingerprint density at radius 2 is 1.89 bits per heavy atom. The van der Waals surface area contributed by atoms with Gasteiger partial charge < -0.3 is 15.3 Å². The number of hydrogen-bond donors (Lipinski definition) is 1. The molecule has 0 spiro atoms. The maximum Gasteiger partial charge on any atom is 0.232 e. The highest BCUT2D eigenvalue weighted by atomic mass is 35.5. The fraction of sp³-hybridized carbons (Fsp3) is 0.316. The first-order valence-electron chi connectivity index (χ1n) is 8.62. The van der Waals surface area contributed by atoms with Gasteiger partial charge >= 0.3 is 0 Å². The van der Waals surface area contributed by atoms with E-state index in [-0.39, 0.29) is 27.6 Å². The zero-order valence-electron chi connectivity index (χ0n) is 14.3. The Morgan fingerprint density at radius 3 is 2.44 bits per heavy atom. The van der Waals surface area contributed by atoms with Crippen molar-refractivity contribution >= 4 is 46.9 Å². The number of carbonyl (C=O) groups excluding carboxylic acids is 2. The molecule has 27 heavy (non-hydrogen) atoms. The lowest BCUT2D eigenvalue weighted by Crippen LogP contribution is -2.45. The number of carbonyl (C=O) groups is 2. The summed E-state index contributed by atoms with van der Waals surface area (Å²) in [6.45, 7) is 0. The molecule has 0 aliphatic heterocycles. The number of nitrogens with two attached hydrogens (primary N) is 1. The minimum Gasteiger partial charge on any atom is -0.457 e. The van der Waals surface area contributed by atoms with E-state index in [0.29, 0.717) is 30.2 Å². The molecular weight excluding hydrogens is 389 g/mol. The van der Waals surface area contributed by atoms with Crippen LogP contribution >= 0.6 is 23.2 Å². The Labute approximate surface area is 166 Å². The van der Waals surface area contributed by atoms with E-state index in [0.717, 1.165) is 19.1 Å². The number of benzene rings is 1. The summed E-state index contributed by atoms with van der Waals surface area (Å²) in [6, 6.07) is 6.41. The zero-order chi connectivity index (χ0) is 19.2. The monoisotopic (exact) mass is 405 g/mol. The second-order valence-electron chi connectivity index (χ2n) is 6.92. The van der Waals surface area contributed by atoms with Crippen LogP contribution < -0.4 is 15.4 Å². The summed E-state index contributed by atoms with van der Waals surface area (Å²) in [6.07, 6.45) is 5.38. The van der Waals surface area contributed by atoms with Gasteiger partial charge in [-0.1, -0.05) is 23.2 Å². The minimum atomic E-state index is -0.779. The van der Waals surface area contributed by atoms with Crippen molar-refractivity contribution in [1.29, 1.82) is 0 Å². The summed E-state index contributed by atoms with van der Waals surface area (Å²) in [5.74, 6) is 1.19. The molecule has 1 aromatic carbocycles. The number of nitrogens with zero attached hydrogens (tertiary/aromatic N) is 2. The SMILES string of the molecule is Nc1c(Cl)cc(Oc2ccnc(N(C(=O)C3CC3)C3(C=O)CC3)c2)cc1Cl. The molecule has 2 fully saturated rings. The quantitative estimate of drug-likeness (QED) is 0.573. The van der Waals surface area contributed by atoms with Gasteiger partial charge in [0.05, 0.1) is 15.7 Å². The topological polar surface area (TPSA) is 85.5 Å². The Balaban J connectivity index is 1.65. The largest absolute Gasteiger partial charge is 0.457 e. The zero-order valence-corrected chi connectivity index (χ0v) is 15.8. The first-order valence-corrected chi connectivity index (χ1v) is 9.38. The summed E-state index contributed by atoms with van der Waals surface area (Å²) in [5.41, 5.74) is 5.24. The van der Waals surface area contributed by atoms with Crippen molar-refractivity contribution in [2.45, 2.75) is 31.2 Å². The highest BCUT2D eigenvalue weighted by Crippen LogP contribution is 2.46. The molecule has 0 atom stereocenters. The molecule has 0 saturated heterocycles. The fourth-order valence-electron chi connectivity index (χ4n) is 2.94. The second kappa shape index (κ2) is 6.69. The maximum atomic E-state index is 12.8. The normalized spacial score (nSPS) is 17.3. The van der Waals surface area contributed by atoms with Gasteiger partial charge in [-0.25, -0.2) is 4.98 Å². The molecule has 0 radical (unpaired) electrons. The van der Waals surface area contributed by atoms with E-state index in [4.69, 9.17) is 33.7 Å². The van der Waals surface area contributed by atoms with Crippen molar-refractivity contribution in [3.63, 3.8) is 0 Å². The second-order valence-corrected chi connectivity index (χ2v) is 7.74. The number of ether oxygens (including phenoxy) is 1. The lowest BCUT2D eigenvalue weighted by atomic mass is 10.2. The molecule has 4 rings (SSSR count). The van der Waals surface area contributed by atoms with Gasteiger partial charge in [0.15, 0.2) is 0 Å². The third-order valence-electron chi connectivity index (χ3n) is 4.81. The van der Waals surface area contributed by atoms with Crippen molar-refractivity contribution < 1.29 is 14.3 Å². The van der Waals surface area contributed by atoms with Crippen molar-refractivity contribution in [2.24, 2.45) is 5.92 Å². The van der Waals surface area contributed by atoms with Crippen LogP contribution in [0.2, 0.25) is 10.0 Å². The minimum absolute atomic E-state index is 0.0245. The number of pyridine rings is 1. The molecule has 2 saturated carbocycles. The number of halogens is 2. The molecule has 2 aromatic rings. The highest BCUT2D eigenvalue weighted by Gasteiger charge is 2.54. The molecule has 1 heterocycles. The Bertz CT molecular complexity index is 903. The number of nitrogen functional groups attached to an aromatic ring is 1. The van der Waals surface area contributed by atoms with Crippen LogP contribution in [0, 0.1) is 5.92 Å². The van der Waals surface area contributed by atoms with E-state index in [1.807, 2.05) is 0 Å². The van der Waals surface area contributed by atoms with Gasteiger partial charge in [0.2, 0.25) is 5.91 Å². The van der Waals surface area contributed by atoms with Crippen LogP contribution in [0.15, 0.2) is 30.5 Å². The third-order valence-corrected chi connectivity index (χ3v) is 5.43.